The Morgan fingerprint density at radius 1 is 1.56 bits per heavy atom. The average Bonchev–Trinajstić information content (AvgIpc) is 1.89. The van der Waals surface area contributed by atoms with Crippen molar-refractivity contribution in [2.75, 3.05) is 6.54 Å². The van der Waals surface area contributed by atoms with Gasteiger partial charge in [-0.25, -0.2) is 0 Å². The summed E-state index contributed by atoms with van der Waals surface area (Å²) in [5, 5.41) is 0. The van der Waals surface area contributed by atoms with Crippen molar-refractivity contribution >= 4 is 11.6 Å². The van der Waals surface area contributed by atoms with Crippen LogP contribution in [-0.2, 0) is 0 Å². The smallest absolute Gasteiger partial charge is 0.122 e. The molecule has 0 N–H and O–H groups in total. The number of likely N-dealkylation sites (N-methyl/N-ethyl adjacent to an activating group) is 1. The Hall–Kier alpha value is -0.430. The lowest BCUT2D eigenvalue weighted by molar-refractivity contribution is 0.403. The Kier molecular flexibility index (Phi) is 2.17. The normalized spacial score (nSPS) is 25.1. The number of alkyl halides is 1. The fraction of sp³-hybridized carbons (Fsp3) is 0.429. The van der Waals surface area contributed by atoms with Crippen molar-refractivity contribution in [3.8, 4) is 0 Å². The van der Waals surface area contributed by atoms with E-state index in [-0.39, 0.29) is 5.50 Å². The predicted molar refractivity (Wildman–Crippen MR) is 40.3 cm³/mol. The number of nitrogens with zero attached hydrogens (tertiary/aromatic N) is 1. The van der Waals surface area contributed by atoms with Gasteiger partial charge in [-0.1, -0.05) is 17.7 Å². The van der Waals surface area contributed by atoms with Crippen LogP contribution in [0.5, 0.6) is 0 Å². The van der Waals surface area contributed by atoms with E-state index in [1.807, 2.05) is 24.4 Å². The van der Waals surface area contributed by atoms with E-state index >= 15 is 0 Å². The summed E-state index contributed by atoms with van der Waals surface area (Å²) < 4.78 is 0. The minimum atomic E-state index is 0.0556. The van der Waals surface area contributed by atoms with E-state index in [0.717, 1.165) is 6.54 Å². The minimum Gasteiger partial charge on any atom is -0.358 e. The fourth-order valence-corrected chi connectivity index (χ4v) is 1.08. The van der Waals surface area contributed by atoms with Crippen LogP contribution in [0.3, 0.4) is 0 Å². The first-order valence-electron chi connectivity index (χ1n) is 3.09. The van der Waals surface area contributed by atoms with E-state index < -0.39 is 0 Å². The third-order valence-corrected chi connectivity index (χ3v) is 1.74. The molecule has 0 saturated carbocycles. The third kappa shape index (κ3) is 1.49. The largest absolute Gasteiger partial charge is 0.358 e. The van der Waals surface area contributed by atoms with Crippen LogP contribution in [0.25, 0.3) is 0 Å². The second kappa shape index (κ2) is 2.92. The van der Waals surface area contributed by atoms with Crippen LogP contribution in [0.4, 0.5) is 0 Å². The van der Waals surface area contributed by atoms with Crippen LogP contribution >= 0.6 is 11.6 Å². The molecule has 9 heavy (non-hydrogen) atoms. The summed E-state index contributed by atoms with van der Waals surface area (Å²) in [4.78, 5) is 2.06. The number of rotatable bonds is 1. The van der Waals surface area contributed by atoms with Gasteiger partial charge in [0, 0.05) is 12.7 Å². The van der Waals surface area contributed by atoms with E-state index in [1.54, 1.807) is 0 Å². The summed E-state index contributed by atoms with van der Waals surface area (Å²) in [6.07, 6.45) is 7.91. The summed E-state index contributed by atoms with van der Waals surface area (Å²) in [5.41, 5.74) is 0.0556. The van der Waals surface area contributed by atoms with Crippen molar-refractivity contribution in [1.82, 2.24) is 4.90 Å². The van der Waals surface area contributed by atoms with Gasteiger partial charge in [0.05, 0.1) is 0 Å². The van der Waals surface area contributed by atoms with E-state index in [9.17, 15) is 0 Å². The monoisotopic (exact) mass is 143 g/mol. The molecule has 2 heteroatoms. The zero-order chi connectivity index (χ0) is 6.69. The van der Waals surface area contributed by atoms with E-state index in [4.69, 9.17) is 11.6 Å². The van der Waals surface area contributed by atoms with Gasteiger partial charge in [0.2, 0.25) is 0 Å². The highest BCUT2D eigenvalue weighted by Crippen LogP contribution is 2.10. The molecule has 1 heterocycles. The van der Waals surface area contributed by atoms with E-state index in [0.29, 0.717) is 0 Å². The summed E-state index contributed by atoms with van der Waals surface area (Å²) >= 11 is 5.87. The maximum absolute atomic E-state index is 5.87. The van der Waals surface area contributed by atoms with Crippen molar-refractivity contribution in [1.29, 1.82) is 0 Å². The first-order chi connectivity index (χ1) is 4.34. The topological polar surface area (TPSA) is 3.24 Å². The number of halogens is 1. The van der Waals surface area contributed by atoms with E-state index in [2.05, 4.69) is 11.8 Å². The molecular weight excluding hydrogens is 134 g/mol. The SMILES string of the molecule is CCN1C=CC=CC1Cl. The molecule has 0 bridgehead atoms. The lowest BCUT2D eigenvalue weighted by Crippen LogP contribution is -2.25. The molecule has 50 valence electrons. The van der Waals surface area contributed by atoms with Gasteiger partial charge in [-0.05, 0) is 19.1 Å². The van der Waals surface area contributed by atoms with Crippen LogP contribution < -0.4 is 0 Å². The second-order valence-electron chi connectivity index (χ2n) is 1.93. The van der Waals surface area contributed by atoms with Crippen molar-refractivity contribution in [3.63, 3.8) is 0 Å². The van der Waals surface area contributed by atoms with Gasteiger partial charge in [0.15, 0.2) is 0 Å². The lowest BCUT2D eigenvalue weighted by atomic mass is 10.3. The van der Waals surface area contributed by atoms with Gasteiger partial charge in [-0.2, -0.15) is 0 Å². The maximum Gasteiger partial charge on any atom is 0.122 e. The van der Waals surface area contributed by atoms with Crippen LogP contribution in [-0.4, -0.2) is 16.9 Å². The molecule has 1 nitrogen and oxygen atoms in total. The molecule has 0 radical (unpaired) electrons. The van der Waals surface area contributed by atoms with Crippen LogP contribution in [0.15, 0.2) is 24.4 Å². The highest BCUT2D eigenvalue weighted by molar-refractivity contribution is 6.21. The Morgan fingerprint density at radius 2 is 2.33 bits per heavy atom. The number of hydrogen-bond acceptors (Lipinski definition) is 1. The second-order valence-corrected chi connectivity index (χ2v) is 2.38. The van der Waals surface area contributed by atoms with Crippen molar-refractivity contribution < 1.29 is 0 Å². The molecule has 0 saturated heterocycles. The predicted octanol–water partition coefficient (Wildman–Crippen LogP) is 1.96. The molecule has 1 rings (SSSR count). The molecule has 0 spiro atoms. The van der Waals surface area contributed by atoms with Gasteiger partial charge in [0.1, 0.15) is 5.50 Å². The molecule has 1 unspecified atom stereocenters. The van der Waals surface area contributed by atoms with Crippen molar-refractivity contribution in [3.05, 3.63) is 24.4 Å². The Labute approximate surface area is 60.6 Å². The highest BCUT2D eigenvalue weighted by atomic mass is 35.5. The average molecular weight is 144 g/mol. The quantitative estimate of drug-likeness (QED) is 0.401. The zero-order valence-corrected chi connectivity index (χ0v) is 6.17. The van der Waals surface area contributed by atoms with E-state index in [1.165, 1.54) is 0 Å². The van der Waals surface area contributed by atoms with Crippen LogP contribution in [0.2, 0.25) is 0 Å². The molecule has 0 aliphatic carbocycles. The first kappa shape index (κ1) is 6.69. The summed E-state index contributed by atoms with van der Waals surface area (Å²) in [6, 6.07) is 0. The first-order valence-corrected chi connectivity index (χ1v) is 3.53. The lowest BCUT2D eigenvalue weighted by Gasteiger charge is -2.23. The molecule has 0 aromatic carbocycles. The van der Waals surface area contributed by atoms with Gasteiger partial charge >= 0.3 is 0 Å². The van der Waals surface area contributed by atoms with Crippen LogP contribution in [0, 0.1) is 0 Å². The molecule has 1 aliphatic rings. The molecule has 0 amide bonds. The number of hydrogen-bond donors (Lipinski definition) is 0. The highest BCUT2D eigenvalue weighted by Gasteiger charge is 2.06. The zero-order valence-electron chi connectivity index (χ0n) is 5.42. The maximum atomic E-state index is 5.87. The van der Waals surface area contributed by atoms with Gasteiger partial charge in [-0.15, -0.1) is 0 Å². The Balaban J connectivity index is 2.55. The van der Waals surface area contributed by atoms with Gasteiger partial charge < -0.3 is 4.90 Å². The van der Waals surface area contributed by atoms with Gasteiger partial charge in [0.25, 0.3) is 0 Å². The molecule has 1 atom stereocenters. The molecule has 0 aromatic rings. The fourth-order valence-electron chi connectivity index (χ4n) is 0.789. The minimum absolute atomic E-state index is 0.0556. The van der Waals surface area contributed by atoms with Crippen molar-refractivity contribution in [2.45, 2.75) is 12.4 Å². The molecule has 0 fully saturated rings. The molecular formula is C7H10ClN. The summed E-state index contributed by atoms with van der Waals surface area (Å²) in [6.45, 7) is 3.05. The molecule has 0 aromatic heterocycles. The van der Waals surface area contributed by atoms with Gasteiger partial charge in [-0.3, -0.25) is 0 Å². The Morgan fingerprint density at radius 3 is 2.78 bits per heavy atom. The van der Waals surface area contributed by atoms with Crippen LogP contribution in [0.1, 0.15) is 6.92 Å². The van der Waals surface area contributed by atoms with Crippen molar-refractivity contribution in [2.24, 2.45) is 0 Å². The third-order valence-electron chi connectivity index (χ3n) is 1.34. The summed E-state index contributed by atoms with van der Waals surface area (Å²) in [5.74, 6) is 0. The standard InChI is InChI=1S/C7H10ClN/c1-2-9-6-4-3-5-7(9)8/h3-7H,2H2,1H3. The number of allylic oxidation sites excluding steroid dienone is 2. The molecule has 1 aliphatic heterocycles. The summed E-state index contributed by atoms with van der Waals surface area (Å²) in [7, 11) is 0. The Bertz CT molecular complexity index is 140.